The second kappa shape index (κ2) is 5.15. The molecule has 1 fully saturated rings. The van der Waals surface area contributed by atoms with Crippen LogP contribution in [0.1, 0.15) is 11.6 Å². The number of hydrogen-bond donors (Lipinski definition) is 2. The molecule has 2 rings (SSSR count). The molecule has 15 heavy (non-hydrogen) atoms. The lowest BCUT2D eigenvalue weighted by Crippen LogP contribution is -2.34. The van der Waals surface area contributed by atoms with Crippen molar-refractivity contribution >= 4 is 45.2 Å². The number of rotatable bonds is 1. The minimum atomic E-state index is 0.251. The van der Waals surface area contributed by atoms with E-state index in [-0.39, 0.29) is 6.04 Å². The Balaban J connectivity index is 2.27. The molecule has 1 aromatic carbocycles. The van der Waals surface area contributed by atoms with Crippen LogP contribution in [0.4, 0.5) is 0 Å². The fourth-order valence-corrected chi connectivity index (χ4v) is 3.38. The number of phenolic OH excluding ortho intramolecular Hbond substituents is 1. The van der Waals surface area contributed by atoms with Gasteiger partial charge in [-0.2, -0.15) is 0 Å². The zero-order valence-corrected chi connectivity index (χ0v) is 12.3. The fraction of sp³-hybridized carbons (Fsp3) is 0.400. The van der Waals surface area contributed by atoms with Crippen LogP contribution in [0.15, 0.2) is 12.1 Å². The Labute approximate surface area is 116 Å². The number of phenols is 1. The van der Waals surface area contributed by atoms with Crippen LogP contribution >= 0.6 is 45.2 Å². The summed E-state index contributed by atoms with van der Waals surface area (Å²) in [7, 11) is 0. The lowest BCUT2D eigenvalue weighted by molar-refractivity contribution is 0.0768. The van der Waals surface area contributed by atoms with Crippen molar-refractivity contribution in [1.29, 1.82) is 0 Å². The van der Waals surface area contributed by atoms with Crippen LogP contribution in [-0.2, 0) is 4.74 Å². The summed E-state index contributed by atoms with van der Waals surface area (Å²) in [5, 5.41) is 13.1. The van der Waals surface area contributed by atoms with Crippen molar-refractivity contribution < 1.29 is 9.84 Å². The highest BCUT2D eigenvalue weighted by Crippen LogP contribution is 2.30. The molecule has 0 aliphatic carbocycles. The van der Waals surface area contributed by atoms with Gasteiger partial charge in [0, 0.05) is 6.54 Å². The van der Waals surface area contributed by atoms with Gasteiger partial charge in [0.25, 0.3) is 0 Å². The van der Waals surface area contributed by atoms with E-state index in [2.05, 4.69) is 50.5 Å². The highest BCUT2D eigenvalue weighted by Gasteiger charge is 2.17. The maximum absolute atomic E-state index is 9.66. The van der Waals surface area contributed by atoms with E-state index in [1.54, 1.807) is 0 Å². The first-order chi connectivity index (χ1) is 7.18. The lowest BCUT2D eigenvalue weighted by atomic mass is 10.1. The second-order valence-corrected chi connectivity index (χ2v) is 5.74. The predicted molar refractivity (Wildman–Crippen MR) is 75.1 cm³/mol. The maximum atomic E-state index is 9.66. The molecule has 0 saturated carbocycles. The largest absolute Gasteiger partial charge is 0.506 e. The summed E-state index contributed by atoms with van der Waals surface area (Å²) in [5.74, 6) is 0.372. The number of nitrogens with one attached hydrogen (secondary N) is 1. The van der Waals surface area contributed by atoms with Crippen molar-refractivity contribution in [2.75, 3.05) is 19.8 Å². The Kier molecular flexibility index (Phi) is 4.08. The quantitative estimate of drug-likeness (QED) is 0.671. The summed E-state index contributed by atoms with van der Waals surface area (Å²) in [6.45, 7) is 2.37. The van der Waals surface area contributed by atoms with E-state index in [1.807, 2.05) is 12.1 Å². The van der Waals surface area contributed by atoms with Crippen LogP contribution in [0.2, 0.25) is 0 Å². The first-order valence-corrected chi connectivity index (χ1v) is 6.83. The summed E-state index contributed by atoms with van der Waals surface area (Å²) < 4.78 is 7.20. The van der Waals surface area contributed by atoms with E-state index in [0.29, 0.717) is 12.4 Å². The van der Waals surface area contributed by atoms with Gasteiger partial charge in [-0.25, -0.2) is 0 Å². The van der Waals surface area contributed by atoms with Crippen LogP contribution in [0, 0.1) is 7.14 Å². The number of hydrogen-bond acceptors (Lipinski definition) is 3. The van der Waals surface area contributed by atoms with Gasteiger partial charge in [0.05, 0.1) is 26.4 Å². The van der Waals surface area contributed by atoms with Crippen molar-refractivity contribution in [3.05, 3.63) is 24.8 Å². The van der Waals surface area contributed by atoms with Gasteiger partial charge in [0.15, 0.2) is 0 Å². The van der Waals surface area contributed by atoms with E-state index in [9.17, 15) is 5.11 Å². The maximum Gasteiger partial charge on any atom is 0.142 e. The molecule has 0 aromatic heterocycles. The predicted octanol–water partition coefficient (Wildman–Crippen LogP) is 2.26. The molecule has 5 heteroatoms. The summed E-state index contributed by atoms with van der Waals surface area (Å²) in [6, 6.07) is 4.26. The molecule has 1 atom stereocenters. The molecule has 1 aromatic rings. The van der Waals surface area contributed by atoms with Crippen molar-refractivity contribution in [2.45, 2.75) is 6.04 Å². The molecule has 0 unspecified atom stereocenters. The Bertz CT molecular complexity index is 341. The van der Waals surface area contributed by atoms with Gasteiger partial charge in [-0.1, -0.05) is 0 Å². The fourth-order valence-electron chi connectivity index (χ4n) is 1.57. The van der Waals surface area contributed by atoms with Crippen molar-refractivity contribution in [3.8, 4) is 5.75 Å². The third-order valence-electron chi connectivity index (χ3n) is 2.36. The summed E-state index contributed by atoms with van der Waals surface area (Å²) >= 11 is 4.30. The monoisotopic (exact) mass is 431 g/mol. The third kappa shape index (κ3) is 2.75. The number of benzene rings is 1. The van der Waals surface area contributed by atoms with Gasteiger partial charge in [-0.3, -0.25) is 0 Å². The Morgan fingerprint density at radius 2 is 2.00 bits per heavy atom. The van der Waals surface area contributed by atoms with Crippen LogP contribution in [-0.4, -0.2) is 24.9 Å². The van der Waals surface area contributed by atoms with Crippen LogP contribution < -0.4 is 5.32 Å². The van der Waals surface area contributed by atoms with Gasteiger partial charge in [0.2, 0.25) is 0 Å². The van der Waals surface area contributed by atoms with Crippen LogP contribution in [0.25, 0.3) is 0 Å². The first-order valence-electron chi connectivity index (χ1n) is 4.67. The highest BCUT2D eigenvalue weighted by atomic mass is 127. The molecular weight excluding hydrogens is 420 g/mol. The summed E-state index contributed by atoms with van der Waals surface area (Å²) in [5.41, 5.74) is 1.18. The molecule has 2 N–H and O–H groups in total. The van der Waals surface area contributed by atoms with E-state index < -0.39 is 0 Å². The Hall–Kier alpha value is 0.400. The minimum absolute atomic E-state index is 0.251. The zero-order chi connectivity index (χ0) is 10.8. The van der Waals surface area contributed by atoms with E-state index in [0.717, 1.165) is 20.3 Å². The number of ether oxygens (including phenoxy) is 1. The zero-order valence-electron chi connectivity index (χ0n) is 7.96. The van der Waals surface area contributed by atoms with Gasteiger partial charge in [-0.05, 0) is 62.9 Å². The number of morpholine rings is 1. The number of aromatic hydroxyl groups is 1. The standard InChI is InChI=1S/C10H11I2NO2/c11-7-3-6(4-8(12)10(7)14)9-5-15-2-1-13-9/h3-4,9,13-14H,1-2,5H2/t9-/m0/s1. The average Bonchev–Trinajstić information content (AvgIpc) is 2.26. The van der Waals surface area contributed by atoms with Gasteiger partial charge >= 0.3 is 0 Å². The van der Waals surface area contributed by atoms with E-state index in [1.165, 1.54) is 5.56 Å². The molecule has 1 aliphatic heterocycles. The van der Waals surface area contributed by atoms with E-state index >= 15 is 0 Å². The minimum Gasteiger partial charge on any atom is -0.506 e. The van der Waals surface area contributed by atoms with Crippen molar-refractivity contribution in [2.24, 2.45) is 0 Å². The normalized spacial score (nSPS) is 21.6. The molecule has 0 bridgehead atoms. The molecule has 0 spiro atoms. The molecule has 0 radical (unpaired) electrons. The van der Waals surface area contributed by atoms with Gasteiger partial charge < -0.3 is 15.2 Å². The van der Waals surface area contributed by atoms with Gasteiger partial charge in [-0.15, -0.1) is 0 Å². The molecule has 1 saturated heterocycles. The first kappa shape index (κ1) is 11.9. The van der Waals surface area contributed by atoms with Crippen molar-refractivity contribution in [1.82, 2.24) is 5.32 Å². The Morgan fingerprint density at radius 1 is 1.33 bits per heavy atom. The third-order valence-corrected chi connectivity index (χ3v) is 4.01. The molecule has 1 heterocycles. The van der Waals surface area contributed by atoms with Crippen LogP contribution in [0.5, 0.6) is 5.75 Å². The summed E-state index contributed by atoms with van der Waals surface area (Å²) in [4.78, 5) is 0. The average molecular weight is 431 g/mol. The second-order valence-electron chi connectivity index (χ2n) is 3.41. The molecule has 3 nitrogen and oxygen atoms in total. The van der Waals surface area contributed by atoms with E-state index in [4.69, 9.17) is 4.74 Å². The molecule has 1 aliphatic rings. The summed E-state index contributed by atoms with van der Waals surface area (Å²) in [6.07, 6.45) is 0. The SMILES string of the molecule is Oc1c(I)cc([C@@H]2COCCN2)cc1I. The number of halogens is 2. The van der Waals surface area contributed by atoms with Crippen molar-refractivity contribution in [3.63, 3.8) is 0 Å². The molecule has 0 amide bonds. The lowest BCUT2D eigenvalue weighted by Gasteiger charge is -2.24. The smallest absolute Gasteiger partial charge is 0.142 e. The molecular formula is C10H11I2NO2. The Morgan fingerprint density at radius 3 is 2.53 bits per heavy atom. The van der Waals surface area contributed by atoms with Crippen LogP contribution in [0.3, 0.4) is 0 Å². The molecule has 82 valence electrons. The van der Waals surface area contributed by atoms with Gasteiger partial charge in [0.1, 0.15) is 5.75 Å². The highest BCUT2D eigenvalue weighted by molar-refractivity contribution is 14.1. The topological polar surface area (TPSA) is 41.5 Å².